The predicted octanol–water partition coefficient (Wildman–Crippen LogP) is 3.30. The number of hydrogen-bond donors (Lipinski definition) is 1. The fraction of sp³-hybridized carbons (Fsp3) is 0.357. The van der Waals surface area contributed by atoms with E-state index < -0.39 is 18.6 Å². The number of aromatic nitrogens is 2. The van der Waals surface area contributed by atoms with E-state index in [4.69, 9.17) is 0 Å². The molecule has 0 amide bonds. The molecule has 1 atom stereocenters. The molecule has 108 valence electrons. The zero-order chi connectivity index (χ0) is 14.6. The molecule has 6 heteroatoms. The summed E-state index contributed by atoms with van der Waals surface area (Å²) in [6.07, 6.45) is -1.43. The van der Waals surface area contributed by atoms with Gasteiger partial charge in [-0.1, -0.05) is 12.1 Å². The number of nitrogens with zero attached hydrogens (tertiary/aromatic N) is 2. The topological polar surface area (TPSA) is 29.9 Å². The summed E-state index contributed by atoms with van der Waals surface area (Å²) in [5.41, 5.74) is 1.86. The Morgan fingerprint density at radius 3 is 2.50 bits per heavy atom. The van der Waals surface area contributed by atoms with Crippen LogP contribution in [-0.2, 0) is 6.54 Å². The van der Waals surface area contributed by atoms with E-state index in [2.05, 4.69) is 10.4 Å². The first-order chi connectivity index (χ1) is 9.44. The molecule has 2 aromatic rings. The Labute approximate surface area is 115 Å². The lowest BCUT2D eigenvalue weighted by molar-refractivity contribution is -0.139. The van der Waals surface area contributed by atoms with E-state index in [1.54, 1.807) is 10.9 Å². The fourth-order valence-corrected chi connectivity index (χ4v) is 1.90. The van der Waals surface area contributed by atoms with Gasteiger partial charge < -0.3 is 5.32 Å². The van der Waals surface area contributed by atoms with Crippen LogP contribution in [0.4, 0.5) is 13.2 Å². The normalized spacial score (nSPS) is 13.4. The molecular formula is C14H16F3N3. The number of nitrogens with one attached hydrogen (secondary N) is 1. The summed E-state index contributed by atoms with van der Waals surface area (Å²) < 4.78 is 38.3. The van der Waals surface area contributed by atoms with Gasteiger partial charge in [0.25, 0.3) is 0 Å². The Morgan fingerprint density at radius 1 is 1.25 bits per heavy atom. The lowest BCUT2D eigenvalue weighted by Gasteiger charge is -2.15. The van der Waals surface area contributed by atoms with Gasteiger partial charge in [-0.25, -0.2) is 4.68 Å². The van der Waals surface area contributed by atoms with Gasteiger partial charge in [0, 0.05) is 25.0 Å². The van der Waals surface area contributed by atoms with Crippen molar-refractivity contribution in [2.75, 3.05) is 0 Å². The third-order valence-corrected chi connectivity index (χ3v) is 2.90. The van der Waals surface area contributed by atoms with Crippen LogP contribution in [0.2, 0.25) is 0 Å². The number of alkyl halides is 3. The van der Waals surface area contributed by atoms with Crippen LogP contribution < -0.4 is 5.32 Å². The summed E-state index contributed by atoms with van der Waals surface area (Å²) >= 11 is 0. The van der Waals surface area contributed by atoms with Crippen LogP contribution in [-0.4, -0.2) is 22.0 Å². The minimum Gasteiger partial charge on any atom is -0.310 e. The average Bonchev–Trinajstić information content (AvgIpc) is 2.89. The standard InChI is InChI=1S/C14H16F3N3/c1-11(9-14(15,16)17)18-10-12-3-5-13(6-4-12)20-8-2-7-19-20/h2-8,11,18H,9-10H2,1H3. The quantitative estimate of drug-likeness (QED) is 0.912. The molecule has 0 saturated heterocycles. The highest BCUT2D eigenvalue weighted by atomic mass is 19.4. The number of rotatable bonds is 5. The van der Waals surface area contributed by atoms with Gasteiger partial charge in [-0.05, 0) is 30.7 Å². The van der Waals surface area contributed by atoms with E-state index in [1.165, 1.54) is 6.92 Å². The Morgan fingerprint density at radius 2 is 1.95 bits per heavy atom. The third-order valence-electron chi connectivity index (χ3n) is 2.90. The van der Waals surface area contributed by atoms with Crippen molar-refractivity contribution in [2.24, 2.45) is 0 Å². The smallest absolute Gasteiger partial charge is 0.310 e. The van der Waals surface area contributed by atoms with Crippen LogP contribution in [0.3, 0.4) is 0 Å². The Hall–Kier alpha value is -1.82. The van der Waals surface area contributed by atoms with Gasteiger partial charge in [-0.3, -0.25) is 0 Å². The van der Waals surface area contributed by atoms with Gasteiger partial charge in [0.15, 0.2) is 0 Å². The van der Waals surface area contributed by atoms with Crippen LogP contribution >= 0.6 is 0 Å². The molecule has 1 aromatic heterocycles. The van der Waals surface area contributed by atoms with Crippen molar-refractivity contribution in [3.63, 3.8) is 0 Å². The number of benzene rings is 1. The number of halogens is 3. The van der Waals surface area contributed by atoms with Crippen molar-refractivity contribution in [1.82, 2.24) is 15.1 Å². The van der Waals surface area contributed by atoms with Crippen molar-refractivity contribution in [3.05, 3.63) is 48.3 Å². The molecule has 1 heterocycles. The van der Waals surface area contributed by atoms with Gasteiger partial charge in [0.05, 0.1) is 12.1 Å². The van der Waals surface area contributed by atoms with E-state index in [0.717, 1.165) is 11.3 Å². The highest BCUT2D eigenvalue weighted by Gasteiger charge is 2.29. The van der Waals surface area contributed by atoms with Gasteiger partial charge >= 0.3 is 6.18 Å². The predicted molar refractivity (Wildman–Crippen MR) is 70.5 cm³/mol. The van der Waals surface area contributed by atoms with Crippen LogP contribution in [0.15, 0.2) is 42.7 Å². The Kier molecular flexibility index (Phi) is 4.44. The maximum atomic E-state index is 12.2. The summed E-state index contributed by atoms with van der Waals surface area (Å²) in [4.78, 5) is 0. The van der Waals surface area contributed by atoms with Gasteiger partial charge in [0.1, 0.15) is 0 Å². The Bertz CT molecular complexity index is 518. The molecule has 1 N–H and O–H groups in total. The monoisotopic (exact) mass is 283 g/mol. The average molecular weight is 283 g/mol. The molecule has 3 nitrogen and oxygen atoms in total. The van der Waals surface area contributed by atoms with E-state index in [0.29, 0.717) is 6.54 Å². The summed E-state index contributed by atoms with van der Waals surface area (Å²) in [5, 5.41) is 6.97. The molecule has 2 rings (SSSR count). The molecule has 0 fully saturated rings. The number of hydrogen-bond acceptors (Lipinski definition) is 2. The molecule has 20 heavy (non-hydrogen) atoms. The molecule has 0 aliphatic carbocycles. The highest BCUT2D eigenvalue weighted by Crippen LogP contribution is 2.21. The van der Waals surface area contributed by atoms with E-state index in [1.807, 2.05) is 36.5 Å². The summed E-state index contributed by atoms with van der Waals surface area (Å²) in [6.45, 7) is 1.95. The maximum Gasteiger partial charge on any atom is 0.390 e. The van der Waals surface area contributed by atoms with Crippen molar-refractivity contribution >= 4 is 0 Å². The second-order valence-electron chi connectivity index (χ2n) is 4.72. The summed E-state index contributed by atoms with van der Waals surface area (Å²) in [7, 11) is 0. The van der Waals surface area contributed by atoms with Crippen molar-refractivity contribution in [2.45, 2.75) is 32.1 Å². The molecule has 1 aromatic carbocycles. The van der Waals surface area contributed by atoms with Crippen molar-refractivity contribution < 1.29 is 13.2 Å². The first-order valence-electron chi connectivity index (χ1n) is 6.33. The second-order valence-corrected chi connectivity index (χ2v) is 4.72. The van der Waals surface area contributed by atoms with Crippen LogP contribution in [0.1, 0.15) is 18.9 Å². The zero-order valence-electron chi connectivity index (χ0n) is 11.1. The van der Waals surface area contributed by atoms with E-state index in [-0.39, 0.29) is 0 Å². The molecule has 0 spiro atoms. The Balaban J connectivity index is 1.88. The largest absolute Gasteiger partial charge is 0.390 e. The van der Waals surface area contributed by atoms with Crippen LogP contribution in [0.5, 0.6) is 0 Å². The van der Waals surface area contributed by atoms with Gasteiger partial charge in [0.2, 0.25) is 0 Å². The zero-order valence-corrected chi connectivity index (χ0v) is 11.1. The molecule has 0 radical (unpaired) electrons. The molecular weight excluding hydrogens is 267 g/mol. The maximum absolute atomic E-state index is 12.2. The van der Waals surface area contributed by atoms with Gasteiger partial charge in [-0.15, -0.1) is 0 Å². The summed E-state index contributed by atoms with van der Waals surface area (Å²) in [5.74, 6) is 0. The minimum absolute atomic E-state index is 0.413. The third kappa shape index (κ3) is 4.38. The van der Waals surface area contributed by atoms with Crippen LogP contribution in [0.25, 0.3) is 5.69 Å². The second kappa shape index (κ2) is 6.09. The first-order valence-corrected chi connectivity index (χ1v) is 6.33. The molecule has 0 aliphatic heterocycles. The highest BCUT2D eigenvalue weighted by molar-refractivity contribution is 5.33. The molecule has 0 aliphatic rings. The minimum atomic E-state index is -4.13. The van der Waals surface area contributed by atoms with Crippen molar-refractivity contribution in [1.29, 1.82) is 0 Å². The van der Waals surface area contributed by atoms with E-state index >= 15 is 0 Å². The lowest BCUT2D eigenvalue weighted by Crippen LogP contribution is -2.30. The first kappa shape index (κ1) is 14.6. The van der Waals surface area contributed by atoms with E-state index in [9.17, 15) is 13.2 Å². The fourth-order valence-electron chi connectivity index (χ4n) is 1.90. The molecule has 0 saturated carbocycles. The van der Waals surface area contributed by atoms with Crippen LogP contribution in [0, 0.1) is 0 Å². The van der Waals surface area contributed by atoms with Gasteiger partial charge in [-0.2, -0.15) is 18.3 Å². The SMILES string of the molecule is CC(CC(F)(F)F)NCc1ccc(-n2cccn2)cc1. The molecule has 0 bridgehead atoms. The summed E-state index contributed by atoms with van der Waals surface area (Å²) in [6, 6.07) is 8.76. The van der Waals surface area contributed by atoms with Crippen molar-refractivity contribution in [3.8, 4) is 5.69 Å². The molecule has 1 unspecified atom stereocenters. The lowest BCUT2D eigenvalue weighted by atomic mass is 10.1.